The predicted molar refractivity (Wildman–Crippen MR) is 155 cm³/mol. The zero-order valence-electron chi connectivity index (χ0n) is 25.6. The highest BCUT2D eigenvalue weighted by Crippen LogP contribution is 2.34. The van der Waals surface area contributed by atoms with Crippen LogP contribution in [0.1, 0.15) is 37.1 Å². The molecule has 0 bridgehead atoms. The summed E-state index contributed by atoms with van der Waals surface area (Å²) in [6.45, 7) is 6.29. The Morgan fingerprint density at radius 2 is 1.50 bits per heavy atom. The Labute approximate surface area is 269 Å². The number of fused-ring (bicyclic) bond motifs is 1. The minimum absolute atomic E-state index is 0.164. The van der Waals surface area contributed by atoms with E-state index in [1.54, 1.807) is 24.2 Å². The number of nitrogens with two attached hydrogens (primary N) is 1. The average Bonchev–Trinajstić information content (AvgIpc) is 3.28. The lowest BCUT2D eigenvalue weighted by atomic mass is 9.89. The average molecular weight is 691 g/mol. The fourth-order valence-corrected chi connectivity index (χ4v) is 4.44. The minimum atomic E-state index is -5.08. The Balaban J connectivity index is 0.000000479. The first kappa shape index (κ1) is 39.2. The third-order valence-electron chi connectivity index (χ3n) is 6.93. The van der Waals surface area contributed by atoms with Crippen LogP contribution in [0.25, 0.3) is 10.9 Å². The monoisotopic (exact) mass is 690 g/mol. The molecule has 1 aromatic heterocycles. The molecule has 1 unspecified atom stereocenters. The van der Waals surface area contributed by atoms with Crippen LogP contribution in [-0.2, 0) is 31.3 Å². The molecule has 1 fully saturated rings. The maximum absolute atomic E-state index is 13.1. The number of hydrogen-bond acceptors (Lipinski definition) is 8. The highest BCUT2D eigenvalue weighted by Gasteiger charge is 2.47. The zero-order valence-corrected chi connectivity index (χ0v) is 25.6. The quantitative estimate of drug-likeness (QED) is 0.136. The number of carboxylic acid groups (broad SMARTS) is 2. The number of para-hydroxylation sites is 1. The van der Waals surface area contributed by atoms with E-state index in [1.165, 1.54) is 0 Å². The maximum Gasteiger partial charge on any atom is 0.490 e. The molecule has 0 saturated carbocycles. The molecule has 2 aromatic carbocycles. The highest BCUT2D eigenvalue weighted by atomic mass is 19.4. The number of alkyl halides is 6. The van der Waals surface area contributed by atoms with Gasteiger partial charge in [0.05, 0.1) is 10.9 Å². The van der Waals surface area contributed by atoms with Gasteiger partial charge in [-0.25, -0.2) is 15.1 Å². The van der Waals surface area contributed by atoms with Crippen molar-refractivity contribution in [2.75, 3.05) is 13.1 Å². The fraction of sp³-hybridized carbons (Fsp3) is 0.367. The number of aliphatic carboxylic acids is 2. The van der Waals surface area contributed by atoms with Gasteiger partial charge < -0.3 is 25.6 Å². The summed E-state index contributed by atoms with van der Waals surface area (Å²) in [4.78, 5) is 49.0. The number of ether oxygens (including phenoxy) is 1. The summed E-state index contributed by atoms with van der Waals surface area (Å²) in [6.07, 6.45) is -9.73. The van der Waals surface area contributed by atoms with E-state index in [4.69, 9.17) is 35.5 Å². The summed E-state index contributed by atoms with van der Waals surface area (Å²) in [5.74, 6) is -5.62. The fourth-order valence-electron chi connectivity index (χ4n) is 4.44. The molecule has 4 rings (SSSR count). The molecule has 1 aliphatic rings. The molecule has 1 aliphatic heterocycles. The molecule has 18 heteroatoms. The van der Waals surface area contributed by atoms with Gasteiger partial charge in [-0.3, -0.25) is 19.8 Å². The molecule has 6 N–H and O–H groups in total. The number of rotatable bonds is 7. The van der Waals surface area contributed by atoms with Gasteiger partial charge >= 0.3 is 24.3 Å². The Morgan fingerprint density at radius 3 is 2.00 bits per heavy atom. The number of carbonyl (C=O) groups is 4. The zero-order chi connectivity index (χ0) is 36.7. The van der Waals surface area contributed by atoms with Crippen LogP contribution in [0.15, 0.2) is 54.6 Å². The van der Waals surface area contributed by atoms with E-state index >= 15 is 0 Å². The molecule has 48 heavy (non-hydrogen) atoms. The smallest absolute Gasteiger partial charge is 0.489 e. The van der Waals surface area contributed by atoms with Gasteiger partial charge in [0.15, 0.2) is 0 Å². The van der Waals surface area contributed by atoms with Crippen LogP contribution in [0.4, 0.5) is 26.3 Å². The van der Waals surface area contributed by atoms with Gasteiger partial charge in [0.1, 0.15) is 17.9 Å². The first-order valence-electron chi connectivity index (χ1n) is 13.7. The maximum atomic E-state index is 13.1. The summed E-state index contributed by atoms with van der Waals surface area (Å²) >= 11 is 0. The number of nitrogens with zero attached hydrogens (tertiary/aromatic N) is 2. The third kappa shape index (κ3) is 10.3. The molecule has 3 aromatic rings. The topological polar surface area (TPSA) is 192 Å². The lowest BCUT2D eigenvalue weighted by Gasteiger charge is -2.30. The number of hydroxylamine groups is 1. The summed E-state index contributed by atoms with van der Waals surface area (Å²) in [6, 6.07) is 17.3. The Bertz CT molecular complexity index is 1610. The Kier molecular flexibility index (Phi) is 12.5. The lowest BCUT2D eigenvalue weighted by Crippen LogP contribution is -2.49. The normalized spacial score (nSPS) is 16.3. The second-order valence-corrected chi connectivity index (χ2v) is 11.1. The number of carboxylic acids is 2. The second kappa shape index (κ2) is 15.3. The Hall–Kier alpha value is -4.97. The number of amides is 2. The van der Waals surface area contributed by atoms with Crippen molar-refractivity contribution in [3.05, 3.63) is 71.4 Å². The largest absolute Gasteiger partial charge is 0.490 e. The van der Waals surface area contributed by atoms with Crippen molar-refractivity contribution in [3.8, 4) is 5.75 Å². The summed E-state index contributed by atoms with van der Waals surface area (Å²) in [5.41, 5.74) is 9.72. The van der Waals surface area contributed by atoms with E-state index in [-0.39, 0.29) is 12.5 Å². The number of carbonyl (C=O) groups excluding carboxylic acids is 2. The number of pyridine rings is 1. The molecule has 12 nitrogen and oxygen atoms in total. The van der Waals surface area contributed by atoms with Crippen LogP contribution in [0, 0.1) is 12.3 Å². The minimum Gasteiger partial charge on any atom is -0.489 e. The van der Waals surface area contributed by atoms with Crippen molar-refractivity contribution >= 4 is 34.7 Å². The van der Waals surface area contributed by atoms with Gasteiger partial charge in [-0.15, -0.1) is 0 Å². The van der Waals surface area contributed by atoms with Gasteiger partial charge in [-0.05, 0) is 57.0 Å². The molecule has 1 saturated heterocycles. The SMILES string of the molecule is Cc1cc(COc2ccc(C3(N)CCN(CC(C)(C)C(=O)NO)C3=O)cc2)c2ccccc2n1.O=C(O)C(F)(F)F.O=C(O)C(F)(F)F. The van der Waals surface area contributed by atoms with Crippen LogP contribution in [-0.4, -0.2) is 74.5 Å². The van der Waals surface area contributed by atoms with Gasteiger partial charge in [0, 0.05) is 29.7 Å². The van der Waals surface area contributed by atoms with Gasteiger partial charge in [0.2, 0.25) is 5.91 Å². The molecule has 2 heterocycles. The summed E-state index contributed by atoms with van der Waals surface area (Å²) in [7, 11) is 0. The van der Waals surface area contributed by atoms with Crippen LogP contribution in [0.5, 0.6) is 5.75 Å². The molecule has 2 amide bonds. The van der Waals surface area contributed by atoms with Gasteiger partial charge in [-0.1, -0.05) is 30.3 Å². The second-order valence-electron chi connectivity index (χ2n) is 11.1. The molecule has 0 spiro atoms. The molecule has 0 aliphatic carbocycles. The van der Waals surface area contributed by atoms with E-state index in [0.717, 1.165) is 22.2 Å². The number of hydrogen-bond donors (Lipinski definition) is 5. The highest BCUT2D eigenvalue weighted by molar-refractivity contribution is 5.90. The van der Waals surface area contributed by atoms with Crippen molar-refractivity contribution in [1.82, 2.24) is 15.4 Å². The number of benzene rings is 2. The van der Waals surface area contributed by atoms with Crippen LogP contribution in [0.2, 0.25) is 0 Å². The van der Waals surface area contributed by atoms with Crippen LogP contribution >= 0.6 is 0 Å². The van der Waals surface area contributed by atoms with Crippen LogP contribution in [0.3, 0.4) is 0 Å². The first-order chi connectivity index (χ1) is 22.0. The number of likely N-dealkylation sites (tertiary alicyclic amines) is 1. The van der Waals surface area contributed by atoms with E-state index in [1.807, 2.05) is 61.5 Å². The van der Waals surface area contributed by atoms with E-state index < -0.39 is 41.2 Å². The van der Waals surface area contributed by atoms with Gasteiger partial charge in [-0.2, -0.15) is 26.3 Å². The number of halogens is 6. The standard InChI is InChI=1S/C26H30N4O4.2C2HF3O2/c1-17-14-18(21-6-4-5-7-22(21)28-17)15-34-20-10-8-19(9-11-20)26(27)12-13-30(24(26)32)16-25(2,3)23(31)29-33;2*3-2(4,5)1(6)7/h4-11,14,33H,12-13,15-16,27H2,1-3H3,(H,29,31);2*(H,6,7). The summed E-state index contributed by atoms with van der Waals surface area (Å²) < 4.78 is 69.5. The van der Waals surface area contributed by atoms with E-state index in [0.29, 0.717) is 30.9 Å². The third-order valence-corrected chi connectivity index (χ3v) is 6.93. The molecular weight excluding hydrogens is 658 g/mol. The molecule has 1 atom stereocenters. The van der Waals surface area contributed by atoms with Crippen molar-refractivity contribution in [3.63, 3.8) is 0 Å². The number of aromatic nitrogens is 1. The molecule has 0 radical (unpaired) electrons. The lowest BCUT2D eigenvalue weighted by molar-refractivity contribution is -0.193. The van der Waals surface area contributed by atoms with Crippen molar-refractivity contribution in [2.24, 2.45) is 11.1 Å². The predicted octanol–water partition coefficient (Wildman–Crippen LogP) is 4.31. The first-order valence-corrected chi connectivity index (χ1v) is 13.7. The van der Waals surface area contributed by atoms with Crippen LogP contribution < -0.4 is 16.0 Å². The van der Waals surface area contributed by atoms with E-state index in [9.17, 15) is 35.9 Å². The molecule has 262 valence electrons. The Morgan fingerprint density at radius 1 is 0.979 bits per heavy atom. The van der Waals surface area contributed by atoms with Crippen molar-refractivity contribution < 1.29 is 65.7 Å². The van der Waals surface area contributed by atoms with Gasteiger partial charge in [0.25, 0.3) is 5.91 Å². The summed E-state index contributed by atoms with van der Waals surface area (Å²) in [5, 5.41) is 24.3. The van der Waals surface area contributed by atoms with Crippen molar-refractivity contribution in [1.29, 1.82) is 0 Å². The van der Waals surface area contributed by atoms with E-state index in [2.05, 4.69) is 4.98 Å². The number of aryl methyl sites for hydroxylation is 1. The van der Waals surface area contributed by atoms with Crippen molar-refractivity contribution in [2.45, 2.75) is 51.7 Å². The number of nitrogens with one attached hydrogen (secondary N) is 1. The molecular formula is C30H32F6N4O8.